The van der Waals surface area contributed by atoms with Crippen LogP contribution in [-0.4, -0.2) is 45.2 Å². The number of carbonyl (C=O) groups is 2. The normalized spacial score (nSPS) is 23.7. The number of unbranched alkanes of at least 4 members (excludes halogenated alkanes) is 6. The van der Waals surface area contributed by atoms with E-state index in [1.165, 1.54) is 6.42 Å². The Balaban J connectivity index is 2.47. The third-order valence-electron chi connectivity index (χ3n) is 6.30. The highest BCUT2D eigenvalue weighted by Gasteiger charge is 2.39. The zero-order valence-corrected chi connectivity index (χ0v) is 18.7. The van der Waals surface area contributed by atoms with Crippen molar-refractivity contribution in [2.75, 3.05) is 6.61 Å². The van der Waals surface area contributed by atoms with Crippen LogP contribution in [0.4, 0.5) is 0 Å². The third kappa shape index (κ3) is 9.67. The van der Waals surface area contributed by atoms with Gasteiger partial charge in [-0.25, -0.2) is 0 Å². The second kappa shape index (κ2) is 14.7. The van der Waals surface area contributed by atoms with E-state index in [0.29, 0.717) is 19.3 Å². The molecule has 0 aromatic carbocycles. The minimum atomic E-state index is -0.931. The predicted molar refractivity (Wildman–Crippen MR) is 120 cm³/mol. The van der Waals surface area contributed by atoms with Gasteiger partial charge in [-0.1, -0.05) is 70.1 Å². The topological polar surface area (TPSA) is 94.8 Å². The first-order valence-corrected chi connectivity index (χ1v) is 11.7. The summed E-state index contributed by atoms with van der Waals surface area (Å²) in [6.45, 7) is 5.55. The lowest BCUT2D eigenvalue weighted by molar-refractivity contribution is -0.122. The predicted octanol–water partition coefficient (Wildman–Crippen LogP) is 4.29. The fourth-order valence-corrected chi connectivity index (χ4v) is 4.29. The van der Waals surface area contributed by atoms with Crippen molar-refractivity contribution in [3.05, 3.63) is 24.8 Å². The molecule has 172 valence electrons. The molecule has 0 saturated heterocycles. The molecule has 0 heterocycles. The van der Waals surface area contributed by atoms with Crippen molar-refractivity contribution < 1.29 is 24.9 Å². The average Bonchev–Trinajstić information content (AvgIpc) is 3.00. The van der Waals surface area contributed by atoms with E-state index in [-0.39, 0.29) is 36.4 Å². The van der Waals surface area contributed by atoms with Crippen LogP contribution in [-0.2, 0) is 9.59 Å². The largest absolute Gasteiger partial charge is 0.392 e. The second-order valence-corrected chi connectivity index (χ2v) is 8.82. The van der Waals surface area contributed by atoms with Crippen LogP contribution < -0.4 is 0 Å². The lowest BCUT2D eigenvalue weighted by atomic mass is 9.87. The van der Waals surface area contributed by atoms with Crippen LogP contribution in [0.25, 0.3) is 0 Å². The van der Waals surface area contributed by atoms with Crippen LogP contribution in [0.1, 0.15) is 90.4 Å². The summed E-state index contributed by atoms with van der Waals surface area (Å²) in [4.78, 5) is 23.4. The van der Waals surface area contributed by atoms with E-state index in [1.807, 2.05) is 12.2 Å². The molecule has 30 heavy (non-hydrogen) atoms. The minimum absolute atomic E-state index is 0.117. The van der Waals surface area contributed by atoms with Crippen LogP contribution in [0.2, 0.25) is 0 Å². The summed E-state index contributed by atoms with van der Waals surface area (Å²) in [5.41, 5.74) is -0.931. The van der Waals surface area contributed by atoms with Crippen molar-refractivity contribution in [2.45, 2.75) is 102 Å². The maximum absolute atomic E-state index is 12.3. The molecule has 1 fully saturated rings. The van der Waals surface area contributed by atoms with Crippen LogP contribution in [0, 0.1) is 11.8 Å². The highest BCUT2D eigenvalue weighted by molar-refractivity contribution is 5.84. The summed E-state index contributed by atoms with van der Waals surface area (Å²) < 4.78 is 0. The van der Waals surface area contributed by atoms with Gasteiger partial charge in [0.15, 0.2) is 5.78 Å². The molecule has 1 unspecified atom stereocenters. The summed E-state index contributed by atoms with van der Waals surface area (Å²) in [5, 5.41) is 29.8. The average molecular weight is 423 g/mol. The Kier molecular flexibility index (Phi) is 13.1. The number of aliphatic hydroxyl groups excluding tert-OH is 2. The SMILES string of the molecule is C=CC(O)(CC=C[C@H]1[C@H](O)CC(=O)[C@@H]1CCCCCCC(=O)CO)CCCCCC. The molecule has 0 aromatic rings. The van der Waals surface area contributed by atoms with Gasteiger partial charge in [-0.15, -0.1) is 6.58 Å². The molecule has 4 atom stereocenters. The molecule has 5 heteroatoms. The Labute approximate surface area is 182 Å². The number of aliphatic hydroxyl groups is 3. The lowest BCUT2D eigenvalue weighted by Crippen LogP contribution is -2.25. The van der Waals surface area contributed by atoms with E-state index in [4.69, 9.17) is 5.11 Å². The maximum Gasteiger partial charge on any atom is 0.158 e. The van der Waals surface area contributed by atoms with Crippen molar-refractivity contribution in [1.82, 2.24) is 0 Å². The molecule has 0 aromatic heterocycles. The first kappa shape index (κ1) is 26.7. The van der Waals surface area contributed by atoms with Crippen LogP contribution in [0.15, 0.2) is 24.8 Å². The Morgan fingerprint density at radius 2 is 1.87 bits per heavy atom. The summed E-state index contributed by atoms with van der Waals surface area (Å²) in [7, 11) is 0. The van der Waals surface area contributed by atoms with E-state index >= 15 is 0 Å². The lowest BCUT2D eigenvalue weighted by Gasteiger charge is -2.23. The zero-order valence-electron chi connectivity index (χ0n) is 18.7. The molecule has 3 N–H and O–H groups in total. The van der Waals surface area contributed by atoms with Crippen molar-refractivity contribution >= 4 is 11.6 Å². The number of Topliss-reactive ketones (excluding diaryl/α,β-unsaturated/α-hetero) is 2. The summed E-state index contributed by atoms with van der Waals surface area (Å²) in [6, 6.07) is 0. The van der Waals surface area contributed by atoms with Gasteiger partial charge in [-0.2, -0.15) is 0 Å². The number of rotatable bonds is 17. The van der Waals surface area contributed by atoms with Crippen LogP contribution >= 0.6 is 0 Å². The molecular formula is C25H42O5. The van der Waals surface area contributed by atoms with Gasteiger partial charge in [-0.05, 0) is 25.7 Å². The Morgan fingerprint density at radius 1 is 1.17 bits per heavy atom. The Bertz CT molecular complexity index is 556. The molecule has 0 spiro atoms. The fourth-order valence-electron chi connectivity index (χ4n) is 4.29. The molecule has 1 aliphatic rings. The van der Waals surface area contributed by atoms with Crippen molar-refractivity contribution in [3.63, 3.8) is 0 Å². The van der Waals surface area contributed by atoms with Crippen molar-refractivity contribution in [3.8, 4) is 0 Å². The summed E-state index contributed by atoms with van der Waals surface area (Å²) >= 11 is 0. The Morgan fingerprint density at radius 3 is 2.53 bits per heavy atom. The summed E-state index contributed by atoms with van der Waals surface area (Å²) in [5.74, 6) is -0.371. The van der Waals surface area contributed by atoms with Gasteiger partial charge < -0.3 is 15.3 Å². The highest BCUT2D eigenvalue weighted by atomic mass is 16.3. The smallest absolute Gasteiger partial charge is 0.158 e. The van der Waals surface area contributed by atoms with Crippen LogP contribution in [0.5, 0.6) is 0 Å². The minimum Gasteiger partial charge on any atom is -0.392 e. The molecule has 0 bridgehead atoms. The number of ketones is 2. The number of carbonyl (C=O) groups excluding carboxylic acids is 2. The third-order valence-corrected chi connectivity index (χ3v) is 6.30. The van der Waals surface area contributed by atoms with E-state index in [2.05, 4.69) is 13.5 Å². The number of hydrogen-bond acceptors (Lipinski definition) is 5. The van der Waals surface area contributed by atoms with Crippen LogP contribution in [0.3, 0.4) is 0 Å². The molecule has 0 radical (unpaired) electrons. The monoisotopic (exact) mass is 422 g/mol. The molecule has 1 rings (SSSR count). The second-order valence-electron chi connectivity index (χ2n) is 8.82. The van der Waals surface area contributed by atoms with Crippen molar-refractivity contribution in [1.29, 1.82) is 0 Å². The fraction of sp³-hybridized carbons (Fsp3) is 0.760. The van der Waals surface area contributed by atoms with E-state index in [0.717, 1.165) is 51.4 Å². The van der Waals surface area contributed by atoms with E-state index in [1.54, 1.807) is 6.08 Å². The highest BCUT2D eigenvalue weighted by Crippen LogP contribution is 2.35. The van der Waals surface area contributed by atoms with Gasteiger partial charge >= 0.3 is 0 Å². The van der Waals surface area contributed by atoms with Gasteiger partial charge in [0.2, 0.25) is 0 Å². The number of hydrogen-bond donors (Lipinski definition) is 3. The molecule has 5 nitrogen and oxygen atoms in total. The van der Waals surface area contributed by atoms with Gasteiger partial charge in [0.25, 0.3) is 0 Å². The van der Waals surface area contributed by atoms with Gasteiger partial charge in [-0.3, -0.25) is 9.59 Å². The maximum atomic E-state index is 12.3. The first-order valence-electron chi connectivity index (χ1n) is 11.7. The molecular weight excluding hydrogens is 380 g/mol. The van der Waals surface area contributed by atoms with E-state index in [9.17, 15) is 19.8 Å². The van der Waals surface area contributed by atoms with E-state index < -0.39 is 11.7 Å². The van der Waals surface area contributed by atoms with Gasteiger partial charge in [0.05, 0.1) is 11.7 Å². The quantitative estimate of drug-likeness (QED) is 0.240. The van der Waals surface area contributed by atoms with Crippen molar-refractivity contribution in [2.24, 2.45) is 11.8 Å². The first-order chi connectivity index (χ1) is 14.4. The standard InChI is InChI=1S/C25H42O5/c1-3-5-6-11-16-25(30,4-2)17-12-15-22-21(23(28)18-24(22)29)14-10-8-7-9-13-20(27)19-26/h4,12,15,21-22,24,26,29-30H,2-3,5-11,13-14,16-19H2,1H3/t21-,22-,24-,25?/m1/s1. The molecule has 1 saturated carbocycles. The van der Waals surface area contributed by atoms with Gasteiger partial charge in [0.1, 0.15) is 12.4 Å². The molecule has 1 aliphatic carbocycles. The van der Waals surface area contributed by atoms with Gasteiger partial charge in [0, 0.05) is 24.7 Å². The molecule has 0 amide bonds. The molecule has 0 aliphatic heterocycles. The summed E-state index contributed by atoms with van der Waals surface area (Å²) in [6.07, 6.45) is 15.1. The Hall–Kier alpha value is -1.30. The zero-order chi connectivity index (χ0) is 22.4.